The molecule has 0 aliphatic rings. The molecule has 1 aromatic rings. The number of hydrogen-bond acceptors (Lipinski definition) is 4. The minimum absolute atomic E-state index is 0.240. The average Bonchev–Trinajstić information content (AvgIpc) is 2.77. The summed E-state index contributed by atoms with van der Waals surface area (Å²) in [4.78, 5) is 0. The van der Waals surface area contributed by atoms with Gasteiger partial charge in [-0.15, -0.1) is 0 Å². The van der Waals surface area contributed by atoms with E-state index < -0.39 is 26.1 Å². The third kappa shape index (κ3) is 8.01. The van der Waals surface area contributed by atoms with E-state index in [1.165, 1.54) is 0 Å². The number of nitriles is 1. The second-order valence-electron chi connectivity index (χ2n) is 9.36. The molecule has 0 heterocycles. The van der Waals surface area contributed by atoms with Crippen molar-refractivity contribution in [3.05, 3.63) is 59.7 Å². The Hall–Kier alpha value is -1.71. The molecule has 0 saturated carbocycles. The lowest BCUT2D eigenvalue weighted by Gasteiger charge is -2.43. The van der Waals surface area contributed by atoms with Gasteiger partial charge < -0.3 is 14.6 Å². The smallest absolute Gasteiger partial charge is 0.193 e. The molecule has 4 atom stereocenters. The molecular weight excluding hydrogens is 414 g/mol. The van der Waals surface area contributed by atoms with Crippen molar-refractivity contribution in [1.29, 1.82) is 5.26 Å². The SMILES string of the molecule is C=C(/C=C(\C)[C@@](C)(C[C@@H](O)[C@H](O)c1ccccc1)O[Si](CC)(CC)CC)C[C@@H](C)CC#N. The van der Waals surface area contributed by atoms with E-state index in [1.807, 2.05) is 44.2 Å². The molecule has 0 aliphatic carbocycles. The number of benzene rings is 1. The quantitative estimate of drug-likeness (QED) is 0.241. The summed E-state index contributed by atoms with van der Waals surface area (Å²) in [5.74, 6) is 0.240. The van der Waals surface area contributed by atoms with Crippen LogP contribution >= 0.6 is 0 Å². The summed E-state index contributed by atoms with van der Waals surface area (Å²) in [6, 6.07) is 14.5. The maximum absolute atomic E-state index is 11.0. The minimum Gasteiger partial charge on any atom is -0.408 e. The average molecular weight is 458 g/mol. The summed E-state index contributed by atoms with van der Waals surface area (Å²) in [5.41, 5.74) is 1.93. The highest BCUT2D eigenvalue weighted by Crippen LogP contribution is 2.38. The van der Waals surface area contributed by atoms with Crippen LogP contribution in [0.1, 0.15) is 72.5 Å². The van der Waals surface area contributed by atoms with E-state index in [1.54, 1.807) is 0 Å². The standard InChI is InChI=1S/C27H43NO3Si/c1-8-32(9-2,10-3)31-27(7,23(6)19-22(5)18-21(4)16-17-28)20-25(29)26(30)24-14-12-11-13-15-24/h11-15,19,21,25-26,29-30H,5,8-10,16,18,20H2,1-4,6-7H3/b23-19+/t21-,25+,26+,27+/m0/s1. The Labute approximate surface area is 196 Å². The first kappa shape index (κ1) is 28.3. The van der Waals surface area contributed by atoms with E-state index in [4.69, 9.17) is 9.69 Å². The molecule has 5 heteroatoms. The fraction of sp³-hybridized carbons (Fsp3) is 0.593. The minimum atomic E-state index is -2.00. The van der Waals surface area contributed by atoms with E-state index in [9.17, 15) is 10.2 Å². The summed E-state index contributed by atoms with van der Waals surface area (Å²) >= 11 is 0. The molecule has 2 N–H and O–H groups in total. The van der Waals surface area contributed by atoms with Crippen molar-refractivity contribution >= 4 is 8.32 Å². The van der Waals surface area contributed by atoms with Gasteiger partial charge in [0, 0.05) is 12.8 Å². The normalized spacial score (nSPS) is 17.2. The molecule has 0 spiro atoms. The van der Waals surface area contributed by atoms with E-state index in [0.717, 1.165) is 35.7 Å². The summed E-state index contributed by atoms with van der Waals surface area (Å²) in [5, 5.41) is 30.8. The third-order valence-electron chi connectivity index (χ3n) is 6.78. The van der Waals surface area contributed by atoms with E-state index in [-0.39, 0.29) is 5.92 Å². The summed E-state index contributed by atoms with van der Waals surface area (Å²) in [6.07, 6.45) is 1.64. The zero-order chi connectivity index (χ0) is 24.4. The molecule has 32 heavy (non-hydrogen) atoms. The van der Waals surface area contributed by atoms with Crippen LogP contribution in [0.25, 0.3) is 0 Å². The summed E-state index contributed by atoms with van der Waals surface area (Å²) in [6.45, 7) is 16.9. The molecule has 0 radical (unpaired) electrons. The van der Waals surface area contributed by atoms with Crippen molar-refractivity contribution in [3.8, 4) is 6.07 Å². The Balaban J connectivity index is 3.24. The van der Waals surface area contributed by atoms with Gasteiger partial charge in [0.1, 0.15) is 6.10 Å². The lowest BCUT2D eigenvalue weighted by molar-refractivity contribution is -0.0289. The molecule has 0 fully saturated rings. The second kappa shape index (κ2) is 13.1. The van der Waals surface area contributed by atoms with Crippen LogP contribution in [-0.2, 0) is 4.43 Å². The Morgan fingerprint density at radius 1 is 1.19 bits per heavy atom. The zero-order valence-electron chi connectivity index (χ0n) is 20.9. The van der Waals surface area contributed by atoms with E-state index in [2.05, 4.69) is 46.4 Å². The lowest BCUT2D eigenvalue weighted by atomic mass is 9.86. The predicted molar refractivity (Wildman–Crippen MR) is 136 cm³/mol. The monoisotopic (exact) mass is 457 g/mol. The van der Waals surface area contributed by atoms with Gasteiger partial charge in [-0.2, -0.15) is 5.26 Å². The highest BCUT2D eigenvalue weighted by atomic mass is 28.4. The first-order valence-electron chi connectivity index (χ1n) is 11.9. The second-order valence-corrected chi connectivity index (χ2v) is 14.1. The number of nitrogens with zero attached hydrogens (tertiary/aromatic N) is 1. The van der Waals surface area contributed by atoms with Crippen molar-refractivity contribution in [3.63, 3.8) is 0 Å². The number of hydrogen-bond donors (Lipinski definition) is 2. The summed E-state index contributed by atoms with van der Waals surface area (Å²) in [7, 11) is -2.00. The molecule has 1 rings (SSSR count). The maximum atomic E-state index is 11.0. The van der Waals surface area contributed by atoms with E-state index in [0.29, 0.717) is 18.4 Å². The van der Waals surface area contributed by atoms with Crippen molar-refractivity contribution in [2.24, 2.45) is 5.92 Å². The van der Waals surface area contributed by atoms with Crippen LogP contribution in [0, 0.1) is 17.2 Å². The molecule has 0 aromatic heterocycles. The Kier molecular flexibility index (Phi) is 11.6. The third-order valence-corrected chi connectivity index (χ3v) is 11.5. The first-order valence-corrected chi connectivity index (χ1v) is 14.4. The molecule has 0 bridgehead atoms. The molecule has 0 amide bonds. The van der Waals surface area contributed by atoms with Gasteiger partial charge in [0.2, 0.25) is 0 Å². The molecule has 1 aromatic carbocycles. The largest absolute Gasteiger partial charge is 0.408 e. The maximum Gasteiger partial charge on any atom is 0.193 e. The number of aliphatic hydroxyl groups excluding tert-OH is 2. The van der Waals surface area contributed by atoms with Gasteiger partial charge in [0.15, 0.2) is 8.32 Å². The predicted octanol–water partition coefficient (Wildman–Crippen LogP) is 6.69. The van der Waals surface area contributed by atoms with Crippen LogP contribution in [0.2, 0.25) is 18.1 Å². The number of allylic oxidation sites excluding steroid dienone is 2. The fourth-order valence-corrected chi connectivity index (χ4v) is 7.44. The van der Waals surface area contributed by atoms with Gasteiger partial charge in [-0.3, -0.25) is 0 Å². The van der Waals surface area contributed by atoms with Crippen molar-refractivity contribution in [1.82, 2.24) is 0 Å². The van der Waals surface area contributed by atoms with Crippen molar-refractivity contribution in [2.75, 3.05) is 0 Å². The van der Waals surface area contributed by atoms with Gasteiger partial charge in [0.25, 0.3) is 0 Å². The first-order chi connectivity index (χ1) is 15.1. The fourth-order valence-electron chi connectivity index (χ4n) is 4.30. The molecule has 4 nitrogen and oxygen atoms in total. The molecular formula is C27H43NO3Si. The van der Waals surface area contributed by atoms with Gasteiger partial charge in [-0.1, -0.05) is 76.3 Å². The van der Waals surface area contributed by atoms with Crippen LogP contribution in [-0.4, -0.2) is 30.2 Å². The van der Waals surface area contributed by atoms with Crippen LogP contribution in [0.4, 0.5) is 0 Å². The lowest BCUT2D eigenvalue weighted by Crippen LogP contribution is -2.48. The van der Waals surface area contributed by atoms with Gasteiger partial charge in [-0.05, 0) is 55.5 Å². The molecule has 178 valence electrons. The Bertz CT molecular complexity index is 774. The van der Waals surface area contributed by atoms with E-state index >= 15 is 0 Å². The highest BCUT2D eigenvalue weighted by Gasteiger charge is 2.41. The van der Waals surface area contributed by atoms with Crippen molar-refractivity contribution in [2.45, 2.75) is 96.7 Å². The van der Waals surface area contributed by atoms with Gasteiger partial charge in [-0.25, -0.2) is 0 Å². The summed E-state index contributed by atoms with van der Waals surface area (Å²) < 4.78 is 6.95. The van der Waals surface area contributed by atoms with Gasteiger partial charge >= 0.3 is 0 Å². The van der Waals surface area contributed by atoms with Gasteiger partial charge in [0.05, 0.1) is 17.8 Å². The van der Waals surface area contributed by atoms with Crippen LogP contribution in [0.3, 0.4) is 0 Å². The van der Waals surface area contributed by atoms with Crippen LogP contribution in [0.15, 0.2) is 54.1 Å². The molecule has 0 aliphatic heterocycles. The van der Waals surface area contributed by atoms with Crippen molar-refractivity contribution < 1.29 is 14.6 Å². The molecule has 0 unspecified atom stereocenters. The topological polar surface area (TPSA) is 73.5 Å². The van der Waals surface area contributed by atoms with Crippen LogP contribution in [0.5, 0.6) is 0 Å². The Morgan fingerprint density at radius 2 is 1.75 bits per heavy atom. The zero-order valence-corrected chi connectivity index (χ0v) is 21.9. The Morgan fingerprint density at radius 3 is 2.25 bits per heavy atom. The number of rotatable bonds is 14. The number of aliphatic hydroxyl groups is 2. The molecule has 0 saturated heterocycles. The highest BCUT2D eigenvalue weighted by molar-refractivity contribution is 6.73. The van der Waals surface area contributed by atoms with Crippen LogP contribution < -0.4 is 0 Å².